The predicted molar refractivity (Wildman–Crippen MR) is 54.9 cm³/mol. The summed E-state index contributed by atoms with van der Waals surface area (Å²) < 4.78 is 1.67. The minimum absolute atomic E-state index is 0.467. The molecule has 2 heterocycles. The molecule has 0 saturated heterocycles. The molecule has 0 radical (unpaired) electrons. The van der Waals surface area contributed by atoms with E-state index in [0.29, 0.717) is 10.9 Å². The Hall–Kier alpha value is -1.36. The molecular weight excluding hydrogens is 202 g/mol. The number of nitrogens with zero attached hydrogens (tertiary/aromatic N) is 5. The number of fused-ring (bicyclic) bond motifs is 1. The highest BCUT2D eigenvalue weighted by Crippen LogP contribution is 2.23. The van der Waals surface area contributed by atoms with Crippen LogP contribution in [0.5, 0.6) is 0 Å². The first-order valence-electron chi connectivity index (χ1n) is 4.14. The van der Waals surface area contributed by atoms with E-state index in [-0.39, 0.29) is 0 Å². The molecule has 0 atom stereocenters. The van der Waals surface area contributed by atoms with Crippen molar-refractivity contribution >= 4 is 23.2 Å². The largest absolute Gasteiger partial charge is 0.362 e. The molecule has 2 aromatic heterocycles. The van der Waals surface area contributed by atoms with E-state index in [1.807, 2.05) is 25.9 Å². The average molecular weight is 212 g/mol. The Balaban J connectivity index is 2.86. The molecule has 2 aromatic rings. The summed E-state index contributed by atoms with van der Waals surface area (Å²) in [5.41, 5.74) is 0.898. The molecule has 0 fully saturated rings. The van der Waals surface area contributed by atoms with Gasteiger partial charge in [-0.05, 0) is 6.92 Å². The van der Waals surface area contributed by atoms with Gasteiger partial charge in [0, 0.05) is 19.7 Å². The van der Waals surface area contributed by atoms with Crippen molar-refractivity contribution in [1.82, 2.24) is 19.6 Å². The summed E-state index contributed by atoms with van der Waals surface area (Å²) in [6.07, 6.45) is 1.46. The lowest BCUT2D eigenvalue weighted by atomic mass is 10.3. The fourth-order valence-electron chi connectivity index (χ4n) is 1.41. The van der Waals surface area contributed by atoms with Crippen LogP contribution in [0, 0.1) is 6.92 Å². The van der Waals surface area contributed by atoms with E-state index < -0.39 is 0 Å². The van der Waals surface area contributed by atoms with Gasteiger partial charge in [0.2, 0.25) is 0 Å². The van der Waals surface area contributed by atoms with E-state index in [4.69, 9.17) is 11.6 Å². The summed E-state index contributed by atoms with van der Waals surface area (Å²) in [4.78, 5) is 10.0. The van der Waals surface area contributed by atoms with E-state index in [0.717, 1.165) is 11.4 Å². The van der Waals surface area contributed by atoms with Gasteiger partial charge in [-0.15, -0.1) is 0 Å². The molecule has 0 bridgehead atoms. The van der Waals surface area contributed by atoms with Crippen LogP contribution in [0.1, 0.15) is 5.56 Å². The highest BCUT2D eigenvalue weighted by Gasteiger charge is 2.12. The maximum Gasteiger partial charge on any atom is 0.255 e. The van der Waals surface area contributed by atoms with Gasteiger partial charge in [0.25, 0.3) is 5.78 Å². The van der Waals surface area contributed by atoms with Gasteiger partial charge in [-0.1, -0.05) is 11.6 Å². The Morgan fingerprint density at radius 2 is 2.14 bits per heavy atom. The minimum Gasteiger partial charge on any atom is -0.362 e. The summed E-state index contributed by atoms with van der Waals surface area (Å²) >= 11 is 5.97. The fourth-order valence-corrected chi connectivity index (χ4v) is 1.57. The van der Waals surface area contributed by atoms with Crippen molar-refractivity contribution in [3.8, 4) is 0 Å². The van der Waals surface area contributed by atoms with E-state index in [9.17, 15) is 0 Å². The summed E-state index contributed by atoms with van der Waals surface area (Å²) in [6.45, 7) is 1.91. The Morgan fingerprint density at radius 1 is 1.43 bits per heavy atom. The zero-order valence-electron chi connectivity index (χ0n) is 8.19. The van der Waals surface area contributed by atoms with Crippen molar-refractivity contribution in [2.24, 2.45) is 0 Å². The van der Waals surface area contributed by atoms with Crippen LogP contribution in [0.15, 0.2) is 6.33 Å². The van der Waals surface area contributed by atoms with Crippen LogP contribution in [0.4, 0.5) is 5.82 Å². The molecule has 0 saturated carbocycles. The molecule has 74 valence electrons. The predicted octanol–water partition coefficient (Wildman–Crippen LogP) is 1.15. The van der Waals surface area contributed by atoms with Gasteiger partial charge in [-0.2, -0.15) is 19.6 Å². The molecule has 0 aromatic carbocycles. The molecule has 0 aliphatic carbocycles. The zero-order valence-corrected chi connectivity index (χ0v) is 8.95. The van der Waals surface area contributed by atoms with Crippen molar-refractivity contribution in [3.05, 3.63) is 17.0 Å². The van der Waals surface area contributed by atoms with Crippen molar-refractivity contribution in [2.45, 2.75) is 6.92 Å². The smallest absolute Gasteiger partial charge is 0.255 e. The van der Waals surface area contributed by atoms with Crippen molar-refractivity contribution in [3.63, 3.8) is 0 Å². The lowest BCUT2D eigenvalue weighted by molar-refractivity contribution is 0.885. The third-order valence-electron chi connectivity index (χ3n) is 2.00. The second-order valence-corrected chi connectivity index (χ2v) is 3.58. The molecule has 0 spiro atoms. The highest BCUT2D eigenvalue weighted by molar-refractivity contribution is 6.30. The molecular formula is C8H10ClN5. The monoisotopic (exact) mass is 211 g/mol. The van der Waals surface area contributed by atoms with E-state index in [1.165, 1.54) is 6.33 Å². The first-order valence-corrected chi connectivity index (χ1v) is 4.52. The van der Waals surface area contributed by atoms with E-state index in [2.05, 4.69) is 15.1 Å². The van der Waals surface area contributed by atoms with Crippen molar-refractivity contribution in [1.29, 1.82) is 0 Å². The lowest BCUT2D eigenvalue weighted by Gasteiger charge is -2.16. The average Bonchev–Trinajstić information content (AvgIpc) is 2.52. The van der Waals surface area contributed by atoms with Gasteiger partial charge in [-0.3, -0.25) is 0 Å². The third-order valence-corrected chi connectivity index (χ3v) is 2.36. The molecule has 5 nitrogen and oxygen atoms in total. The van der Waals surface area contributed by atoms with Crippen molar-refractivity contribution in [2.75, 3.05) is 19.0 Å². The number of anilines is 1. The van der Waals surface area contributed by atoms with Gasteiger partial charge in [0.15, 0.2) is 0 Å². The van der Waals surface area contributed by atoms with E-state index >= 15 is 0 Å². The summed E-state index contributed by atoms with van der Waals surface area (Å²) in [7, 11) is 3.86. The van der Waals surface area contributed by atoms with Gasteiger partial charge in [-0.25, -0.2) is 0 Å². The molecule has 2 rings (SSSR count). The van der Waals surface area contributed by atoms with Crippen LogP contribution in [0.3, 0.4) is 0 Å². The Labute approximate surface area is 86.3 Å². The van der Waals surface area contributed by atoms with Gasteiger partial charge in [0.05, 0.1) is 0 Å². The standard InChI is InChI=1S/C8H10ClN5/c1-5-6(9)12-8-10-4-11-14(8)7(5)13(2)3/h4H,1-3H3. The van der Waals surface area contributed by atoms with Crippen LogP contribution < -0.4 is 4.90 Å². The molecule has 14 heavy (non-hydrogen) atoms. The maximum absolute atomic E-state index is 5.97. The maximum atomic E-state index is 5.97. The van der Waals surface area contributed by atoms with Gasteiger partial charge >= 0.3 is 0 Å². The fraction of sp³-hybridized carbons (Fsp3) is 0.375. The molecule has 6 heteroatoms. The Morgan fingerprint density at radius 3 is 2.79 bits per heavy atom. The highest BCUT2D eigenvalue weighted by atomic mass is 35.5. The number of hydrogen-bond donors (Lipinski definition) is 0. The number of halogens is 1. The van der Waals surface area contributed by atoms with Crippen LogP contribution in [0.2, 0.25) is 5.15 Å². The summed E-state index contributed by atoms with van der Waals surface area (Å²) in [5.74, 6) is 1.42. The molecule has 0 N–H and O–H groups in total. The lowest BCUT2D eigenvalue weighted by Crippen LogP contribution is -2.16. The second-order valence-electron chi connectivity index (χ2n) is 3.22. The molecule has 0 unspecified atom stereocenters. The summed E-state index contributed by atoms with van der Waals surface area (Å²) in [5, 5.41) is 4.55. The van der Waals surface area contributed by atoms with Crippen LogP contribution in [-0.4, -0.2) is 33.7 Å². The number of rotatable bonds is 1. The topological polar surface area (TPSA) is 46.3 Å². The normalized spacial score (nSPS) is 10.9. The van der Waals surface area contributed by atoms with Crippen molar-refractivity contribution < 1.29 is 0 Å². The molecule has 0 aliphatic heterocycles. The SMILES string of the molecule is Cc1c(Cl)nc2ncnn2c1N(C)C. The first kappa shape index (κ1) is 9.21. The first-order chi connectivity index (χ1) is 6.61. The quantitative estimate of drug-likeness (QED) is 0.664. The Kier molecular flexibility index (Phi) is 2.03. The number of aromatic nitrogens is 4. The van der Waals surface area contributed by atoms with Gasteiger partial charge in [0.1, 0.15) is 17.3 Å². The second kappa shape index (κ2) is 3.09. The molecule has 0 aliphatic rings. The van der Waals surface area contributed by atoms with Gasteiger partial charge < -0.3 is 4.90 Å². The van der Waals surface area contributed by atoms with E-state index in [1.54, 1.807) is 4.52 Å². The number of hydrogen-bond acceptors (Lipinski definition) is 4. The van der Waals surface area contributed by atoms with Crippen LogP contribution in [-0.2, 0) is 0 Å². The summed E-state index contributed by atoms with van der Waals surface area (Å²) in [6, 6.07) is 0. The zero-order chi connectivity index (χ0) is 10.3. The minimum atomic E-state index is 0.467. The molecule has 0 amide bonds. The third kappa shape index (κ3) is 1.21. The Bertz CT molecular complexity index is 476. The van der Waals surface area contributed by atoms with Crippen LogP contribution in [0.25, 0.3) is 5.78 Å². The van der Waals surface area contributed by atoms with Crippen LogP contribution >= 0.6 is 11.6 Å².